The molecule has 5 N–H and O–H groups in total. The van der Waals surface area contributed by atoms with E-state index in [-0.39, 0.29) is 18.9 Å². The molecular formula is C13H17N3O3. The van der Waals surface area contributed by atoms with Crippen LogP contribution in [0.4, 0.5) is 5.69 Å². The first-order valence-corrected chi connectivity index (χ1v) is 6.05. The number of hydrogen-bond acceptors (Lipinski definition) is 4. The van der Waals surface area contributed by atoms with E-state index in [1.165, 1.54) is 4.90 Å². The molecule has 1 saturated heterocycles. The minimum atomic E-state index is -0.761. The van der Waals surface area contributed by atoms with Crippen LogP contribution in [0.5, 0.6) is 0 Å². The van der Waals surface area contributed by atoms with E-state index in [2.05, 4.69) is 0 Å². The van der Waals surface area contributed by atoms with Crippen LogP contribution in [0.2, 0.25) is 0 Å². The molecule has 2 unspecified atom stereocenters. The lowest BCUT2D eigenvalue weighted by atomic mass is 10.1. The molecule has 0 saturated carbocycles. The van der Waals surface area contributed by atoms with Crippen molar-refractivity contribution in [2.45, 2.75) is 25.5 Å². The maximum absolute atomic E-state index is 12.4. The number of benzene rings is 1. The first-order valence-electron chi connectivity index (χ1n) is 6.05. The zero-order chi connectivity index (χ0) is 14.2. The minimum Gasteiger partial charge on any atom is -0.398 e. The summed E-state index contributed by atoms with van der Waals surface area (Å²) in [5.41, 5.74) is 12.6. The van der Waals surface area contributed by atoms with Gasteiger partial charge in [-0.1, -0.05) is 6.07 Å². The van der Waals surface area contributed by atoms with Crippen LogP contribution in [-0.2, 0) is 4.79 Å². The van der Waals surface area contributed by atoms with Crippen LogP contribution in [-0.4, -0.2) is 40.5 Å². The van der Waals surface area contributed by atoms with Gasteiger partial charge in [0.2, 0.25) is 5.91 Å². The fraction of sp³-hybridized carbons (Fsp3) is 0.385. The summed E-state index contributed by atoms with van der Waals surface area (Å²) in [5.74, 6) is -0.934. The van der Waals surface area contributed by atoms with Gasteiger partial charge in [-0.05, 0) is 24.6 Å². The lowest BCUT2D eigenvalue weighted by Gasteiger charge is -2.23. The summed E-state index contributed by atoms with van der Waals surface area (Å²) in [6.07, 6.45) is -0.537. The Hall–Kier alpha value is -2.08. The van der Waals surface area contributed by atoms with Crippen LogP contribution in [0, 0.1) is 6.92 Å². The van der Waals surface area contributed by atoms with Gasteiger partial charge in [-0.3, -0.25) is 9.59 Å². The number of rotatable bonds is 2. The van der Waals surface area contributed by atoms with E-state index in [0.29, 0.717) is 16.8 Å². The van der Waals surface area contributed by atoms with Crippen LogP contribution >= 0.6 is 0 Å². The molecule has 1 aliphatic heterocycles. The number of nitrogens with zero attached hydrogens (tertiary/aromatic N) is 1. The quantitative estimate of drug-likeness (QED) is 0.633. The van der Waals surface area contributed by atoms with Crippen molar-refractivity contribution in [1.82, 2.24) is 4.90 Å². The molecule has 19 heavy (non-hydrogen) atoms. The number of likely N-dealkylation sites (tertiary alicyclic amines) is 1. The van der Waals surface area contributed by atoms with E-state index >= 15 is 0 Å². The van der Waals surface area contributed by atoms with Crippen molar-refractivity contribution in [3.05, 3.63) is 29.3 Å². The summed E-state index contributed by atoms with van der Waals surface area (Å²) in [5, 5.41) is 9.61. The summed E-state index contributed by atoms with van der Waals surface area (Å²) in [6.45, 7) is 1.86. The third-order valence-corrected chi connectivity index (χ3v) is 3.47. The van der Waals surface area contributed by atoms with E-state index in [1.54, 1.807) is 25.1 Å². The molecular weight excluding hydrogens is 246 g/mol. The Bertz CT molecular complexity index is 530. The van der Waals surface area contributed by atoms with Gasteiger partial charge in [0.05, 0.1) is 6.10 Å². The number of hydrogen-bond donors (Lipinski definition) is 3. The number of aliphatic hydroxyl groups is 1. The van der Waals surface area contributed by atoms with Gasteiger partial charge in [-0.15, -0.1) is 0 Å². The van der Waals surface area contributed by atoms with Gasteiger partial charge in [-0.2, -0.15) is 0 Å². The SMILES string of the molecule is Cc1c(N)cccc1C(=O)N1CC(O)CC1C(N)=O. The molecule has 2 rings (SSSR count). The van der Waals surface area contributed by atoms with Crippen LogP contribution in [0.1, 0.15) is 22.3 Å². The second kappa shape index (κ2) is 4.89. The lowest BCUT2D eigenvalue weighted by Crippen LogP contribution is -2.44. The zero-order valence-corrected chi connectivity index (χ0v) is 10.7. The molecule has 0 radical (unpaired) electrons. The van der Waals surface area contributed by atoms with E-state index in [0.717, 1.165) is 0 Å². The Morgan fingerprint density at radius 3 is 2.74 bits per heavy atom. The van der Waals surface area contributed by atoms with Gasteiger partial charge in [-0.25, -0.2) is 0 Å². The average molecular weight is 263 g/mol. The van der Waals surface area contributed by atoms with Gasteiger partial charge in [0.25, 0.3) is 5.91 Å². The number of nitrogen functional groups attached to an aromatic ring is 1. The Kier molecular flexibility index (Phi) is 3.44. The van der Waals surface area contributed by atoms with Crippen molar-refractivity contribution in [2.24, 2.45) is 5.73 Å². The molecule has 0 aliphatic carbocycles. The number of carbonyl (C=O) groups excluding carboxylic acids is 2. The highest BCUT2D eigenvalue weighted by Crippen LogP contribution is 2.23. The second-order valence-electron chi connectivity index (χ2n) is 4.79. The van der Waals surface area contributed by atoms with E-state index in [9.17, 15) is 14.7 Å². The Morgan fingerprint density at radius 2 is 2.11 bits per heavy atom. The first kappa shape index (κ1) is 13.4. The van der Waals surface area contributed by atoms with E-state index < -0.39 is 18.1 Å². The largest absolute Gasteiger partial charge is 0.398 e. The molecule has 2 atom stereocenters. The lowest BCUT2D eigenvalue weighted by molar-refractivity contribution is -0.121. The fourth-order valence-corrected chi connectivity index (χ4v) is 2.35. The molecule has 1 heterocycles. The molecule has 1 aromatic carbocycles. The summed E-state index contributed by atoms with van der Waals surface area (Å²) in [4.78, 5) is 25.1. The number of nitrogens with two attached hydrogens (primary N) is 2. The molecule has 2 amide bonds. The first-order chi connectivity index (χ1) is 8.91. The normalized spacial score (nSPS) is 22.5. The van der Waals surface area contributed by atoms with Crippen LogP contribution < -0.4 is 11.5 Å². The van der Waals surface area contributed by atoms with Crippen LogP contribution in [0.15, 0.2) is 18.2 Å². The predicted octanol–water partition coefficient (Wildman–Crippen LogP) is -0.362. The van der Waals surface area contributed by atoms with E-state index in [4.69, 9.17) is 11.5 Å². The van der Waals surface area contributed by atoms with E-state index in [1.807, 2.05) is 0 Å². The zero-order valence-electron chi connectivity index (χ0n) is 10.7. The molecule has 1 fully saturated rings. The molecule has 0 aromatic heterocycles. The number of carbonyl (C=O) groups is 2. The molecule has 1 aliphatic rings. The minimum absolute atomic E-state index is 0.112. The number of anilines is 1. The third-order valence-electron chi connectivity index (χ3n) is 3.47. The summed E-state index contributed by atoms with van der Waals surface area (Å²) in [6, 6.07) is 4.28. The maximum atomic E-state index is 12.4. The van der Waals surface area contributed by atoms with Crippen molar-refractivity contribution < 1.29 is 14.7 Å². The monoisotopic (exact) mass is 263 g/mol. The van der Waals surface area contributed by atoms with Crippen molar-refractivity contribution in [3.8, 4) is 0 Å². The average Bonchev–Trinajstić information content (AvgIpc) is 2.74. The van der Waals surface area contributed by atoms with Crippen molar-refractivity contribution >= 4 is 17.5 Å². The third kappa shape index (κ3) is 2.39. The number of aliphatic hydroxyl groups excluding tert-OH is 1. The molecule has 0 bridgehead atoms. The predicted molar refractivity (Wildman–Crippen MR) is 70.2 cm³/mol. The number of amides is 2. The Morgan fingerprint density at radius 1 is 1.42 bits per heavy atom. The maximum Gasteiger partial charge on any atom is 0.254 e. The van der Waals surface area contributed by atoms with Gasteiger partial charge in [0.15, 0.2) is 0 Å². The summed E-state index contributed by atoms with van der Waals surface area (Å²) < 4.78 is 0. The highest BCUT2D eigenvalue weighted by molar-refractivity contribution is 5.99. The smallest absolute Gasteiger partial charge is 0.254 e. The van der Waals surface area contributed by atoms with Gasteiger partial charge >= 0.3 is 0 Å². The second-order valence-corrected chi connectivity index (χ2v) is 4.79. The van der Waals surface area contributed by atoms with Crippen LogP contribution in [0.3, 0.4) is 0 Å². The highest BCUT2D eigenvalue weighted by Gasteiger charge is 2.38. The van der Waals surface area contributed by atoms with Crippen molar-refractivity contribution in [3.63, 3.8) is 0 Å². The number of primary amides is 1. The van der Waals surface area contributed by atoms with Gasteiger partial charge < -0.3 is 21.5 Å². The Balaban J connectivity index is 2.33. The Labute approximate surface area is 111 Å². The highest BCUT2D eigenvalue weighted by atomic mass is 16.3. The molecule has 102 valence electrons. The standard InChI is InChI=1S/C13H17N3O3/c1-7-9(3-2-4-10(7)14)13(19)16-6-8(17)5-11(16)12(15)18/h2-4,8,11,17H,5-6,14H2,1H3,(H2,15,18). The molecule has 1 aromatic rings. The fourth-order valence-electron chi connectivity index (χ4n) is 2.35. The van der Waals surface area contributed by atoms with Crippen molar-refractivity contribution in [2.75, 3.05) is 12.3 Å². The molecule has 6 heteroatoms. The van der Waals surface area contributed by atoms with Gasteiger partial charge in [0.1, 0.15) is 6.04 Å². The topological polar surface area (TPSA) is 110 Å². The van der Waals surface area contributed by atoms with Crippen LogP contribution in [0.25, 0.3) is 0 Å². The van der Waals surface area contributed by atoms with Crippen molar-refractivity contribution in [1.29, 1.82) is 0 Å². The number of β-amino-alcohol motifs (C(OH)–C–C–N with tert-alkyl or cyclic N) is 1. The summed E-state index contributed by atoms with van der Waals surface area (Å²) >= 11 is 0. The molecule has 6 nitrogen and oxygen atoms in total. The van der Waals surface area contributed by atoms with Gasteiger partial charge in [0, 0.05) is 24.2 Å². The summed E-state index contributed by atoms with van der Waals surface area (Å²) in [7, 11) is 0. The molecule has 0 spiro atoms.